The summed E-state index contributed by atoms with van der Waals surface area (Å²) in [5, 5.41) is 19.5. The first kappa shape index (κ1) is 22.3. The third-order valence-electron chi connectivity index (χ3n) is 6.71. The van der Waals surface area contributed by atoms with Crippen LogP contribution in [-0.4, -0.2) is 53.2 Å². The number of allylic oxidation sites excluding steroid dienone is 3. The molecule has 4 rings (SSSR count). The number of hydrogen-bond donors (Lipinski definition) is 4. The van der Waals surface area contributed by atoms with Crippen LogP contribution in [0.15, 0.2) is 41.8 Å². The van der Waals surface area contributed by atoms with E-state index in [0.717, 1.165) is 44.2 Å². The summed E-state index contributed by atoms with van der Waals surface area (Å²) in [7, 11) is 1.78. The van der Waals surface area contributed by atoms with E-state index < -0.39 is 12.0 Å². The van der Waals surface area contributed by atoms with E-state index in [1.807, 2.05) is 12.1 Å². The van der Waals surface area contributed by atoms with Gasteiger partial charge in [0.15, 0.2) is 0 Å². The van der Waals surface area contributed by atoms with Gasteiger partial charge in [-0.15, -0.1) is 0 Å². The smallest absolute Gasteiger partial charge is 0.305 e. The standard InChI is InChI=1S/C24H33N5O3/c1-25-21-10-8-18(15-27-21)20(14-22(30)31)29-13-11-17(24(29)32)4-2-6-19-9-7-16-5-3-12-26-23(16)28-19/h7-10,15,17,20,23,26,28H,2-6,11-14H2,1H3,(H,25,27)(H,30,31). The number of carbonyl (C=O) groups excluding carboxylic acids is 1. The van der Waals surface area contributed by atoms with Gasteiger partial charge < -0.3 is 20.6 Å². The topological polar surface area (TPSA) is 107 Å². The summed E-state index contributed by atoms with van der Waals surface area (Å²) in [4.78, 5) is 30.7. The van der Waals surface area contributed by atoms with Crippen LogP contribution in [-0.2, 0) is 9.59 Å². The van der Waals surface area contributed by atoms with Crippen molar-refractivity contribution in [1.29, 1.82) is 0 Å². The molecule has 172 valence electrons. The lowest BCUT2D eigenvalue weighted by molar-refractivity contribution is -0.140. The number of aromatic nitrogens is 1. The Labute approximate surface area is 189 Å². The summed E-state index contributed by atoms with van der Waals surface area (Å²) in [5.74, 6) is -0.179. The predicted molar refractivity (Wildman–Crippen MR) is 123 cm³/mol. The molecule has 3 aliphatic rings. The molecule has 1 aromatic heterocycles. The Bertz CT molecular complexity index is 895. The number of aliphatic carboxylic acids is 1. The number of carboxylic acid groups (broad SMARTS) is 1. The number of amides is 1. The average molecular weight is 440 g/mol. The Morgan fingerprint density at radius 1 is 1.38 bits per heavy atom. The van der Waals surface area contributed by atoms with Crippen molar-refractivity contribution in [2.45, 2.75) is 57.2 Å². The quantitative estimate of drug-likeness (QED) is 0.469. The Balaban J connectivity index is 1.34. The first-order chi connectivity index (χ1) is 15.5. The number of carboxylic acids is 1. The Morgan fingerprint density at radius 2 is 2.25 bits per heavy atom. The maximum absolute atomic E-state index is 13.1. The molecule has 32 heavy (non-hydrogen) atoms. The highest BCUT2D eigenvalue weighted by Gasteiger charge is 2.37. The van der Waals surface area contributed by atoms with Gasteiger partial charge in [-0.3, -0.25) is 14.9 Å². The molecule has 8 heteroatoms. The third kappa shape index (κ3) is 5.12. The average Bonchev–Trinajstić information content (AvgIpc) is 3.17. The van der Waals surface area contributed by atoms with Crippen molar-refractivity contribution in [3.63, 3.8) is 0 Å². The maximum Gasteiger partial charge on any atom is 0.305 e. The number of rotatable bonds is 9. The lowest BCUT2D eigenvalue weighted by Crippen LogP contribution is -2.47. The highest BCUT2D eigenvalue weighted by Crippen LogP contribution is 2.34. The zero-order valence-electron chi connectivity index (χ0n) is 18.6. The van der Waals surface area contributed by atoms with E-state index >= 15 is 0 Å². The normalized spacial score (nSPS) is 23.7. The third-order valence-corrected chi connectivity index (χ3v) is 6.71. The fourth-order valence-electron chi connectivity index (χ4n) is 4.94. The van der Waals surface area contributed by atoms with E-state index in [-0.39, 0.29) is 24.4 Å². The monoisotopic (exact) mass is 439 g/mol. The van der Waals surface area contributed by atoms with Gasteiger partial charge in [0.1, 0.15) is 5.82 Å². The van der Waals surface area contributed by atoms with Crippen LogP contribution >= 0.6 is 0 Å². The van der Waals surface area contributed by atoms with Gasteiger partial charge in [0.2, 0.25) is 5.91 Å². The fourth-order valence-corrected chi connectivity index (χ4v) is 4.94. The van der Waals surface area contributed by atoms with Gasteiger partial charge in [-0.2, -0.15) is 0 Å². The molecule has 4 heterocycles. The molecule has 0 radical (unpaired) electrons. The maximum atomic E-state index is 13.1. The zero-order valence-corrected chi connectivity index (χ0v) is 18.6. The van der Waals surface area contributed by atoms with Crippen LogP contribution in [0.25, 0.3) is 0 Å². The molecular weight excluding hydrogens is 406 g/mol. The Morgan fingerprint density at radius 3 is 3.00 bits per heavy atom. The molecular formula is C24H33N5O3. The fraction of sp³-hybridized carbons (Fsp3) is 0.542. The second-order valence-corrected chi connectivity index (χ2v) is 8.82. The molecule has 3 unspecified atom stereocenters. The van der Waals surface area contributed by atoms with Crippen molar-refractivity contribution >= 4 is 17.7 Å². The molecule has 0 spiro atoms. The van der Waals surface area contributed by atoms with Gasteiger partial charge in [0, 0.05) is 31.4 Å². The largest absolute Gasteiger partial charge is 0.481 e. The van der Waals surface area contributed by atoms with E-state index in [2.05, 4.69) is 33.1 Å². The van der Waals surface area contributed by atoms with Crippen molar-refractivity contribution in [2.75, 3.05) is 25.5 Å². The number of nitrogens with one attached hydrogen (secondary N) is 3. The summed E-state index contributed by atoms with van der Waals surface area (Å²) in [6.07, 6.45) is 12.0. The van der Waals surface area contributed by atoms with Crippen LogP contribution in [0.4, 0.5) is 5.82 Å². The van der Waals surface area contributed by atoms with Gasteiger partial charge in [0.05, 0.1) is 18.6 Å². The van der Waals surface area contributed by atoms with Crippen LogP contribution in [0, 0.1) is 5.92 Å². The number of piperidine rings is 1. The van der Waals surface area contributed by atoms with Gasteiger partial charge in [-0.05, 0) is 68.3 Å². The molecule has 2 saturated heterocycles. The number of likely N-dealkylation sites (tertiary alicyclic amines) is 1. The summed E-state index contributed by atoms with van der Waals surface area (Å²) >= 11 is 0. The van der Waals surface area contributed by atoms with Gasteiger partial charge in [-0.25, -0.2) is 4.98 Å². The zero-order chi connectivity index (χ0) is 22.5. The number of anilines is 1. The van der Waals surface area contributed by atoms with Crippen molar-refractivity contribution in [1.82, 2.24) is 20.5 Å². The summed E-state index contributed by atoms with van der Waals surface area (Å²) in [6, 6.07) is 3.19. The van der Waals surface area contributed by atoms with Crippen molar-refractivity contribution < 1.29 is 14.7 Å². The van der Waals surface area contributed by atoms with Crippen molar-refractivity contribution in [3.05, 3.63) is 47.3 Å². The molecule has 8 nitrogen and oxygen atoms in total. The number of dihydropyridines is 1. The van der Waals surface area contributed by atoms with Crippen LogP contribution in [0.5, 0.6) is 0 Å². The van der Waals surface area contributed by atoms with Crippen LogP contribution in [0.1, 0.15) is 56.6 Å². The molecule has 1 aromatic rings. The van der Waals surface area contributed by atoms with Gasteiger partial charge >= 0.3 is 5.97 Å². The van der Waals surface area contributed by atoms with Crippen LogP contribution in [0.3, 0.4) is 0 Å². The van der Waals surface area contributed by atoms with E-state index in [1.165, 1.54) is 17.7 Å². The molecule has 2 fully saturated rings. The number of nitrogens with zero attached hydrogens (tertiary/aromatic N) is 2. The number of pyridine rings is 1. The Kier molecular flexibility index (Phi) is 7.09. The minimum absolute atomic E-state index is 0.0427. The summed E-state index contributed by atoms with van der Waals surface area (Å²) < 4.78 is 0. The first-order valence-electron chi connectivity index (χ1n) is 11.6. The van der Waals surface area contributed by atoms with Gasteiger partial charge in [0.25, 0.3) is 0 Å². The van der Waals surface area contributed by atoms with E-state index in [0.29, 0.717) is 12.4 Å². The van der Waals surface area contributed by atoms with E-state index in [1.54, 1.807) is 18.1 Å². The lowest BCUT2D eigenvalue weighted by Gasteiger charge is -2.32. The highest BCUT2D eigenvalue weighted by atomic mass is 16.4. The number of carbonyl (C=O) groups is 2. The predicted octanol–water partition coefficient (Wildman–Crippen LogP) is 2.78. The molecule has 0 saturated carbocycles. The van der Waals surface area contributed by atoms with Crippen LogP contribution in [0.2, 0.25) is 0 Å². The molecule has 0 bridgehead atoms. The Hall–Kier alpha value is -2.87. The SMILES string of the molecule is CNc1ccc(C(CC(=O)O)N2CCC(CCCC3=CC=C4CCCNC4N3)C2=O)cn1. The minimum atomic E-state index is -0.914. The second-order valence-electron chi connectivity index (χ2n) is 8.82. The van der Waals surface area contributed by atoms with Crippen molar-refractivity contribution in [2.24, 2.45) is 5.92 Å². The highest BCUT2D eigenvalue weighted by molar-refractivity contribution is 5.82. The van der Waals surface area contributed by atoms with E-state index in [9.17, 15) is 14.7 Å². The molecule has 3 aliphatic heterocycles. The van der Waals surface area contributed by atoms with Crippen molar-refractivity contribution in [3.8, 4) is 0 Å². The number of hydrogen-bond acceptors (Lipinski definition) is 6. The van der Waals surface area contributed by atoms with Gasteiger partial charge in [-0.1, -0.05) is 12.1 Å². The molecule has 3 atom stereocenters. The lowest BCUT2D eigenvalue weighted by atomic mass is 9.96. The minimum Gasteiger partial charge on any atom is -0.481 e. The van der Waals surface area contributed by atoms with E-state index in [4.69, 9.17) is 0 Å². The number of fused-ring (bicyclic) bond motifs is 1. The molecule has 0 aromatic carbocycles. The second kappa shape index (κ2) is 10.2. The summed E-state index contributed by atoms with van der Waals surface area (Å²) in [6.45, 7) is 1.63. The molecule has 4 N–H and O–H groups in total. The summed E-state index contributed by atoms with van der Waals surface area (Å²) in [5.41, 5.74) is 3.40. The first-order valence-corrected chi connectivity index (χ1v) is 11.6. The molecule has 1 amide bonds. The van der Waals surface area contributed by atoms with Crippen LogP contribution < -0.4 is 16.0 Å². The molecule has 0 aliphatic carbocycles.